The number of hydrogen-bond acceptors (Lipinski definition) is 3. The van der Waals surface area contributed by atoms with Gasteiger partial charge < -0.3 is 10.2 Å². The molecule has 0 aliphatic heterocycles. The molecule has 0 amide bonds. The van der Waals surface area contributed by atoms with E-state index in [1.54, 1.807) is 12.1 Å². The average molecular weight is 296 g/mol. The van der Waals surface area contributed by atoms with E-state index in [0.29, 0.717) is 22.4 Å². The number of benzene rings is 2. The molecule has 0 aromatic heterocycles. The minimum atomic E-state index is -0.409. The molecule has 5 heteroatoms. The second-order valence-electron chi connectivity index (χ2n) is 4.24. The predicted molar refractivity (Wildman–Crippen MR) is 73.6 cm³/mol. The zero-order valence-electron chi connectivity index (χ0n) is 10.6. The van der Waals surface area contributed by atoms with Gasteiger partial charge in [-0.15, -0.1) is 0 Å². The second kappa shape index (κ2) is 6.83. The Morgan fingerprint density at radius 2 is 1.40 bits per heavy atom. The van der Waals surface area contributed by atoms with Crippen molar-refractivity contribution in [3.8, 4) is 0 Å². The molecule has 0 fully saturated rings. The van der Waals surface area contributed by atoms with Gasteiger partial charge in [-0.25, -0.2) is 8.78 Å². The molecule has 0 unspecified atom stereocenters. The summed E-state index contributed by atoms with van der Waals surface area (Å²) in [5, 5.41) is 18.3. The molecule has 2 nitrogen and oxygen atoms in total. The Morgan fingerprint density at radius 1 is 0.850 bits per heavy atom. The highest BCUT2D eigenvalue weighted by Crippen LogP contribution is 2.33. The maximum Gasteiger partial charge on any atom is 0.123 e. The standard InChI is InChI=1S/C15H14F2O2S/c16-12-1-3-14(10(7-12)5-6-18)20-15-4-2-13(17)8-11(15)9-19/h1-4,7-8,18-19H,5-6,9H2. The summed E-state index contributed by atoms with van der Waals surface area (Å²) in [5.74, 6) is -0.771. The van der Waals surface area contributed by atoms with Crippen LogP contribution in [0.4, 0.5) is 8.78 Å². The summed E-state index contributed by atoms with van der Waals surface area (Å²) < 4.78 is 26.4. The highest BCUT2D eigenvalue weighted by atomic mass is 32.2. The molecule has 2 aromatic rings. The van der Waals surface area contributed by atoms with Crippen LogP contribution in [-0.2, 0) is 13.0 Å². The molecule has 0 saturated carbocycles. The van der Waals surface area contributed by atoms with E-state index in [4.69, 9.17) is 5.11 Å². The molecule has 0 bridgehead atoms. The predicted octanol–water partition coefficient (Wildman–Crippen LogP) is 3.14. The van der Waals surface area contributed by atoms with Gasteiger partial charge in [-0.3, -0.25) is 0 Å². The lowest BCUT2D eigenvalue weighted by Crippen LogP contribution is -1.96. The third-order valence-electron chi connectivity index (χ3n) is 2.82. The van der Waals surface area contributed by atoms with Crippen LogP contribution in [0.1, 0.15) is 11.1 Å². The van der Waals surface area contributed by atoms with Crippen LogP contribution in [0.3, 0.4) is 0 Å². The molecular formula is C15H14F2O2S. The van der Waals surface area contributed by atoms with Crippen LogP contribution in [0.2, 0.25) is 0 Å². The minimum absolute atomic E-state index is 0.0761. The van der Waals surface area contributed by atoms with Gasteiger partial charge in [0.1, 0.15) is 11.6 Å². The number of hydrogen-bond donors (Lipinski definition) is 2. The molecule has 2 N–H and O–H groups in total. The van der Waals surface area contributed by atoms with E-state index >= 15 is 0 Å². The summed E-state index contributed by atoms with van der Waals surface area (Å²) in [7, 11) is 0. The largest absolute Gasteiger partial charge is 0.396 e. The summed E-state index contributed by atoms with van der Waals surface area (Å²) in [4.78, 5) is 1.49. The Labute approximate surface area is 120 Å². The van der Waals surface area contributed by atoms with E-state index in [-0.39, 0.29) is 19.0 Å². The SMILES string of the molecule is OCCc1cc(F)ccc1Sc1ccc(F)cc1CO. The van der Waals surface area contributed by atoms with Crippen molar-refractivity contribution in [1.29, 1.82) is 0 Å². The van der Waals surface area contributed by atoms with Gasteiger partial charge in [-0.05, 0) is 53.9 Å². The highest BCUT2D eigenvalue weighted by Gasteiger charge is 2.09. The lowest BCUT2D eigenvalue weighted by atomic mass is 10.1. The van der Waals surface area contributed by atoms with E-state index in [1.807, 2.05) is 0 Å². The first-order chi connectivity index (χ1) is 9.63. The summed E-state index contributed by atoms with van der Waals surface area (Å²) in [5.41, 5.74) is 1.17. The zero-order chi connectivity index (χ0) is 14.5. The van der Waals surface area contributed by atoms with E-state index < -0.39 is 5.82 Å². The van der Waals surface area contributed by atoms with E-state index in [9.17, 15) is 13.9 Å². The van der Waals surface area contributed by atoms with Gasteiger partial charge in [0.05, 0.1) is 6.61 Å². The molecule has 2 rings (SSSR count). The van der Waals surface area contributed by atoms with Crippen LogP contribution >= 0.6 is 11.8 Å². The second-order valence-corrected chi connectivity index (χ2v) is 5.32. The summed E-state index contributed by atoms with van der Waals surface area (Å²) in [6.45, 7) is -0.343. The fourth-order valence-corrected chi connectivity index (χ4v) is 2.91. The van der Waals surface area contributed by atoms with E-state index in [2.05, 4.69) is 0 Å². The fourth-order valence-electron chi connectivity index (χ4n) is 1.85. The quantitative estimate of drug-likeness (QED) is 0.890. The molecule has 0 heterocycles. The van der Waals surface area contributed by atoms with E-state index in [0.717, 1.165) is 4.90 Å². The summed E-state index contributed by atoms with van der Waals surface area (Å²) in [6.07, 6.45) is 0.343. The first-order valence-electron chi connectivity index (χ1n) is 6.10. The van der Waals surface area contributed by atoms with Gasteiger partial charge in [-0.1, -0.05) is 11.8 Å². The third-order valence-corrected chi connectivity index (χ3v) is 4.05. The minimum Gasteiger partial charge on any atom is -0.396 e. The zero-order valence-corrected chi connectivity index (χ0v) is 11.5. The molecule has 20 heavy (non-hydrogen) atoms. The molecule has 2 aromatic carbocycles. The smallest absolute Gasteiger partial charge is 0.123 e. The van der Waals surface area contributed by atoms with Crippen molar-refractivity contribution in [3.05, 3.63) is 59.2 Å². The normalized spacial score (nSPS) is 10.8. The molecule has 0 aliphatic carbocycles. The Morgan fingerprint density at radius 3 is 1.95 bits per heavy atom. The molecule has 0 radical (unpaired) electrons. The maximum absolute atomic E-state index is 13.2. The van der Waals surface area contributed by atoms with Crippen molar-refractivity contribution >= 4 is 11.8 Å². The van der Waals surface area contributed by atoms with Gasteiger partial charge >= 0.3 is 0 Å². The van der Waals surface area contributed by atoms with Crippen molar-refractivity contribution in [1.82, 2.24) is 0 Å². The van der Waals surface area contributed by atoms with Crippen LogP contribution in [0.15, 0.2) is 46.2 Å². The van der Waals surface area contributed by atoms with Gasteiger partial charge in [-0.2, -0.15) is 0 Å². The van der Waals surface area contributed by atoms with Gasteiger partial charge in [0.15, 0.2) is 0 Å². The Hall–Kier alpha value is -1.43. The monoisotopic (exact) mass is 296 g/mol. The number of aliphatic hydroxyl groups is 2. The van der Waals surface area contributed by atoms with Crippen molar-refractivity contribution < 1.29 is 19.0 Å². The van der Waals surface area contributed by atoms with Crippen LogP contribution in [0, 0.1) is 11.6 Å². The fraction of sp³-hybridized carbons (Fsp3) is 0.200. The van der Waals surface area contributed by atoms with Crippen LogP contribution in [0.5, 0.6) is 0 Å². The molecule has 0 aliphatic rings. The first-order valence-corrected chi connectivity index (χ1v) is 6.92. The van der Waals surface area contributed by atoms with Gasteiger partial charge in [0.2, 0.25) is 0 Å². The lowest BCUT2D eigenvalue weighted by molar-refractivity contribution is 0.278. The van der Waals surface area contributed by atoms with Crippen molar-refractivity contribution in [2.24, 2.45) is 0 Å². The summed E-state index contributed by atoms with van der Waals surface area (Å²) in [6, 6.07) is 8.51. The Kier molecular flexibility index (Phi) is 5.11. The number of rotatable bonds is 5. The molecule has 0 spiro atoms. The highest BCUT2D eigenvalue weighted by molar-refractivity contribution is 7.99. The molecule has 106 valence electrons. The third kappa shape index (κ3) is 3.56. The molecular weight excluding hydrogens is 282 g/mol. The van der Waals surface area contributed by atoms with Gasteiger partial charge in [0, 0.05) is 16.4 Å². The van der Waals surface area contributed by atoms with E-state index in [1.165, 1.54) is 36.0 Å². The summed E-state index contributed by atoms with van der Waals surface area (Å²) >= 11 is 1.32. The Balaban J connectivity index is 2.34. The lowest BCUT2D eigenvalue weighted by Gasteiger charge is -2.11. The maximum atomic E-state index is 13.2. The topological polar surface area (TPSA) is 40.5 Å². The first kappa shape index (κ1) is 15.0. The molecule has 0 saturated heterocycles. The molecule has 0 atom stereocenters. The Bertz CT molecular complexity index is 602. The van der Waals surface area contributed by atoms with Crippen LogP contribution in [-0.4, -0.2) is 16.8 Å². The van der Waals surface area contributed by atoms with Crippen LogP contribution in [0.25, 0.3) is 0 Å². The number of halogens is 2. The van der Waals surface area contributed by atoms with Gasteiger partial charge in [0.25, 0.3) is 0 Å². The number of aliphatic hydroxyl groups excluding tert-OH is 2. The van der Waals surface area contributed by atoms with Crippen molar-refractivity contribution in [2.45, 2.75) is 22.8 Å². The van der Waals surface area contributed by atoms with Crippen molar-refractivity contribution in [2.75, 3.05) is 6.61 Å². The van der Waals surface area contributed by atoms with Crippen LogP contribution < -0.4 is 0 Å². The average Bonchev–Trinajstić information content (AvgIpc) is 2.43. The van der Waals surface area contributed by atoms with Crippen molar-refractivity contribution in [3.63, 3.8) is 0 Å².